The predicted molar refractivity (Wildman–Crippen MR) is 209 cm³/mol. The molecule has 4 aliphatic heterocycles. The van der Waals surface area contributed by atoms with Gasteiger partial charge in [0.1, 0.15) is 56.4 Å². The first-order valence-corrected chi connectivity index (χ1v) is 20.9. The third-order valence-electron chi connectivity index (χ3n) is 9.86. The van der Waals surface area contributed by atoms with E-state index in [0.717, 1.165) is 69.2 Å². The summed E-state index contributed by atoms with van der Waals surface area (Å²) in [6, 6.07) is 0. The van der Waals surface area contributed by atoms with Gasteiger partial charge in [0, 0.05) is 75.7 Å². The molecule has 4 rings (SSSR count). The highest BCUT2D eigenvalue weighted by Crippen LogP contribution is 2.39. The zero-order valence-electron chi connectivity index (χ0n) is 38.4. The van der Waals surface area contributed by atoms with Crippen molar-refractivity contribution in [3.8, 4) is 0 Å². The lowest BCUT2D eigenvalue weighted by atomic mass is 9.91. The van der Waals surface area contributed by atoms with Crippen molar-refractivity contribution < 1.29 is 124 Å². The van der Waals surface area contributed by atoms with Crippen LogP contribution in [-0.2, 0) is 124 Å². The fourth-order valence-corrected chi connectivity index (χ4v) is 7.54. The second-order valence-corrected chi connectivity index (χ2v) is 15.6. The van der Waals surface area contributed by atoms with Crippen LogP contribution < -0.4 is 0 Å². The first-order valence-electron chi connectivity index (χ1n) is 20.9. The molecule has 0 saturated carbocycles. The van der Waals surface area contributed by atoms with E-state index in [1.54, 1.807) is 0 Å². The SMILES string of the molecule is CC(=O)OC[C@H]1O[C@@H](O[C@H]2[C@H](OC(C)=O)[C@@H](OC(C)=O)[C@H](O[C@H]3[C@H](OC(C)=O)[C@@H](OC(C)=O)[C@H](CC4CO4)O[C@@H]3COC(C)=O)O[C@@H]2COC(C)=O)[C@H](OC(C)=O)[C@@H](OC(C)=O)[C@H]1OC(C)=O. The summed E-state index contributed by atoms with van der Waals surface area (Å²) in [7, 11) is 0. The quantitative estimate of drug-likeness (QED) is 0.0849. The second-order valence-electron chi connectivity index (χ2n) is 15.6. The molecule has 0 aliphatic carbocycles. The molecule has 0 amide bonds. The minimum absolute atomic E-state index is 0.117. The molecule has 0 aromatic rings. The number of carbonyl (C=O) groups is 10. The minimum Gasteiger partial charge on any atom is -0.463 e. The van der Waals surface area contributed by atoms with E-state index in [4.69, 9.17) is 75.8 Å². The van der Waals surface area contributed by atoms with Gasteiger partial charge in [-0.05, 0) is 0 Å². The predicted octanol–water partition coefficient (Wildman–Crippen LogP) is -1.03. The van der Waals surface area contributed by atoms with E-state index >= 15 is 0 Å². The summed E-state index contributed by atoms with van der Waals surface area (Å²) in [5, 5.41) is 0. The lowest BCUT2D eigenvalue weighted by Crippen LogP contribution is -2.68. The normalized spacial score (nSPS) is 33.3. The molecule has 0 aromatic heterocycles. The van der Waals surface area contributed by atoms with Crippen LogP contribution in [0.5, 0.6) is 0 Å². The standard InChI is InChI=1S/C41H56O26/c1-16(42)52-13-28-33(35(58-21(6)47)31(56-19(4)45)27(63-28)11-26-12-55-26)66-41-39(62-25(10)51)37(60-23(8)49)34(30(65-41)15-54-18(3)44)67-40-38(61-24(9)50)36(59-22(7)48)32(57-20(5)46)29(64-40)14-53-17(2)43/h26-41H,11-15H2,1-10H3/t26?,27-,28+,29+,30+,31-,32-,33+,34+,35+,36-,37-,38+,39+,40-,41-/m0/s1. The van der Waals surface area contributed by atoms with Gasteiger partial charge in [-0.1, -0.05) is 0 Å². The Bertz CT molecular complexity index is 1830. The van der Waals surface area contributed by atoms with Crippen LogP contribution in [0.3, 0.4) is 0 Å². The van der Waals surface area contributed by atoms with E-state index in [9.17, 15) is 47.9 Å². The molecular formula is C41H56O26. The maximum absolute atomic E-state index is 13.0. The zero-order valence-corrected chi connectivity index (χ0v) is 38.4. The Morgan fingerprint density at radius 2 is 0.612 bits per heavy atom. The molecular weight excluding hydrogens is 908 g/mol. The number of ether oxygens (including phenoxy) is 16. The van der Waals surface area contributed by atoms with Crippen LogP contribution >= 0.6 is 0 Å². The topological polar surface area (TPSA) is 322 Å². The number of hydrogen-bond donors (Lipinski definition) is 0. The van der Waals surface area contributed by atoms with Gasteiger partial charge < -0.3 is 75.8 Å². The molecule has 0 bridgehead atoms. The van der Waals surface area contributed by atoms with Gasteiger partial charge in [-0.25, -0.2) is 0 Å². The first kappa shape index (κ1) is 54.1. The van der Waals surface area contributed by atoms with Crippen molar-refractivity contribution in [3.05, 3.63) is 0 Å². The Kier molecular flexibility index (Phi) is 19.7. The third-order valence-corrected chi connectivity index (χ3v) is 9.86. The fourth-order valence-electron chi connectivity index (χ4n) is 7.54. The largest absolute Gasteiger partial charge is 0.463 e. The van der Waals surface area contributed by atoms with Crippen LogP contribution in [0.25, 0.3) is 0 Å². The van der Waals surface area contributed by atoms with Gasteiger partial charge in [0.15, 0.2) is 55.3 Å². The van der Waals surface area contributed by atoms with Crippen molar-refractivity contribution in [2.24, 2.45) is 0 Å². The van der Waals surface area contributed by atoms with Gasteiger partial charge in [0.2, 0.25) is 0 Å². The average Bonchev–Trinajstić information content (AvgIpc) is 4.02. The second kappa shape index (κ2) is 24.5. The monoisotopic (exact) mass is 964 g/mol. The molecule has 26 nitrogen and oxygen atoms in total. The van der Waals surface area contributed by atoms with Crippen molar-refractivity contribution in [2.75, 3.05) is 26.4 Å². The lowest BCUT2D eigenvalue weighted by molar-refractivity contribution is -0.374. The Hall–Kier alpha value is -5.54. The van der Waals surface area contributed by atoms with Crippen LogP contribution in [0.2, 0.25) is 0 Å². The summed E-state index contributed by atoms with van der Waals surface area (Å²) in [6.45, 7) is 8.61. The maximum atomic E-state index is 13.0. The Balaban J connectivity index is 1.89. The average molecular weight is 965 g/mol. The number of rotatable bonds is 19. The molecule has 4 fully saturated rings. The van der Waals surface area contributed by atoms with Crippen LogP contribution in [0.4, 0.5) is 0 Å². The molecule has 4 heterocycles. The zero-order chi connectivity index (χ0) is 49.9. The molecule has 67 heavy (non-hydrogen) atoms. The van der Waals surface area contributed by atoms with Crippen LogP contribution in [0.15, 0.2) is 0 Å². The molecule has 376 valence electrons. The molecule has 1 unspecified atom stereocenters. The van der Waals surface area contributed by atoms with E-state index in [1.807, 2.05) is 0 Å². The molecule has 0 aromatic carbocycles. The lowest BCUT2D eigenvalue weighted by Gasteiger charge is -2.50. The highest BCUT2D eigenvalue weighted by Gasteiger charge is 2.60. The van der Waals surface area contributed by atoms with Crippen LogP contribution in [0, 0.1) is 0 Å². The van der Waals surface area contributed by atoms with E-state index < -0.39 is 171 Å². The third kappa shape index (κ3) is 16.3. The summed E-state index contributed by atoms with van der Waals surface area (Å²) in [6.07, 6.45) is -25.2. The van der Waals surface area contributed by atoms with Crippen molar-refractivity contribution in [1.82, 2.24) is 0 Å². The molecule has 0 radical (unpaired) electrons. The smallest absolute Gasteiger partial charge is 0.303 e. The van der Waals surface area contributed by atoms with Gasteiger partial charge in [0.25, 0.3) is 0 Å². The van der Waals surface area contributed by atoms with Crippen LogP contribution in [-0.4, -0.2) is 184 Å². The number of epoxide rings is 1. The fraction of sp³-hybridized carbons (Fsp3) is 0.756. The summed E-state index contributed by atoms with van der Waals surface area (Å²) in [5.41, 5.74) is 0. The summed E-state index contributed by atoms with van der Waals surface area (Å²) in [5.74, 6) is -9.12. The molecule has 4 saturated heterocycles. The first-order chi connectivity index (χ1) is 31.4. The van der Waals surface area contributed by atoms with Crippen molar-refractivity contribution in [1.29, 1.82) is 0 Å². The van der Waals surface area contributed by atoms with Gasteiger partial charge in [-0.3, -0.25) is 47.9 Å². The number of esters is 10. The maximum Gasteiger partial charge on any atom is 0.303 e. The summed E-state index contributed by atoms with van der Waals surface area (Å²) >= 11 is 0. The molecule has 26 heteroatoms. The van der Waals surface area contributed by atoms with Gasteiger partial charge in [-0.15, -0.1) is 0 Å². The molecule has 0 spiro atoms. The van der Waals surface area contributed by atoms with Crippen molar-refractivity contribution in [3.63, 3.8) is 0 Å². The van der Waals surface area contributed by atoms with Crippen molar-refractivity contribution >= 4 is 59.7 Å². The highest BCUT2D eigenvalue weighted by molar-refractivity contribution is 5.70. The van der Waals surface area contributed by atoms with Crippen molar-refractivity contribution in [2.45, 2.75) is 174 Å². The molecule has 16 atom stereocenters. The Morgan fingerprint density at radius 1 is 0.343 bits per heavy atom. The van der Waals surface area contributed by atoms with Gasteiger partial charge in [0.05, 0.1) is 12.7 Å². The Morgan fingerprint density at radius 3 is 0.940 bits per heavy atom. The number of hydrogen-bond acceptors (Lipinski definition) is 26. The molecule has 4 aliphatic rings. The van der Waals surface area contributed by atoms with E-state index in [1.165, 1.54) is 0 Å². The van der Waals surface area contributed by atoms with Gasteiger partial charge >= 0.3 is 59.7 Å². The van der Waals surface area contributed by atoms with Crippen LogP contribution in [0.1, 0.15) is 75.7 Å². The van der Waals surface area contributed by atoms with E-state index in [2.05, 4.69) is 0 Å². The minimum atomic E-state index is -1.97. The van der Waals surface area contributed by atoms with E-state index in [-0.39, 0.29) is 12.5 Å². The van der Waals surface area contributed by atoms with E-state index in [0.29, 0.717) is 6.61 Å². The highest BCUT2D eigenvalue weighted by atomic mass is 16.8. The summed E-state index contributed by atoms with van der Waals surface area (Å²) < 4.78 is 92.0. The summed E-state index contributed by atoms with van der Waals surface area (Å²) in [4.78, 5) is 125. The number of carbonyl (C=O) groups excluding carboxylic acids is 10. The van der Waals surface area contributed by atoms with Gasteiger partial charge in [-0.2, -0.15) is 0 Å². The molecule has 0 N–H and O–H groups in total. The Labute approximate surface area is 383 Å².